The Bertz CT molecular complexity index is 587. The molecule has 0 amide bonds. The average molecular weight is 314 g/mol. The Morgan fingerprint density at radius 1 is 1.04 bits per heavy atom. The van der Waals surface area contributed by atoms with Crippen molar-refractivity contribution in [2.75, 3.05) is 13.2 Å². The molecular weight excluding hydrogens is 288 g/mol. The second-order valence-electron chi connectivity index (χ2n) is 5.73. The molecule has 23 heavy (non-hydrogen) atoms. The van der Waals surface area contributed by atoms with Crippen molar-refractivity contribution < 1.29 is 9.47 Å². The SMILES string of the molecule is CCCOc1cnc(OCCC(C)CC)nc1-c1ccccc1. The second-order valence-corrected chi connectivity index (χ2v) is 5.73. The van der Waals surface area contributed by atoms with Gasteiger partial charge in [-0.15, -0.1) is 0 Å². The van der Waals surface area contributed by atoms with E-state index in [4.69, 9.17) is 9.47 Å². The molecule has 0 saturated heterocycles. The molecule has 4 heteroatoms. The fourth-order valence-electron chi connectivity index (χ4n) is 2.10. The van der Waals surface area contributed by atoms with E-state index in [0.29, 0.717) is 30.9 Å². The Labute approximate surface area is 138 Å². The molecule has 0 aliphatic rings. The lowest BCUT2D eigenvalue weighted by Crippen LogP contribution is -2.07. The largest absolute Gasteiger partial charge is 0.490 e. The highest BCUT2D eigenvalue weighted by Gasteiger charge is 2.12. The van der Waals surface area contributed by atoms with Gasteiger partial charge in [0.05, 0.1) is 19.4 Å². The van der Waals surface area contributed by atoms with Crippen molar-refractivity contribution in [3.05, 3.63) is 36.5 Å². The number of aromatic nitrogens is 2. The molecule has 124 valence electrons. The molecule has 2 rings (SSSR count). The minimum Gasteiger partial charge on any atom is -0.490 e. The molecule has 4 nitrogen and oxygen atoms in total. The minimum atomic E-state index is 0.413. The standard InChI is InChI=1S/C19H26N2O2/c1-4-12-22-17-14-20-19(23-13-11-15(3)5-2)21-18(17)16-9-7-6-8-10-16/h6-10,14-15H,4-5,11-13H2,1-3H3. The first-order valence-electron chi connectivity index (χ1n) is 8.42. The second kappa shape index (κ2) is 9.13. The molecule has 1 aromatic heterocycles. The van der Waals surface area contributed by atoms with Crippen LogP contribution in [0, 0.1) is 5.92 Å². The summed E-state index contributed by atoms with van der Waals surface area (Å²) in [6.45, 7) is 7.78. The molecule has 1 unspecified atom stereocenters. The molecule has 1 heterocycles. The van der Waals surface area contributed by atoms with Crippen LogP contribution in [0.1, 0.15) is 40.0 Å². The molecule has 0 bridgehead atoms. The van der Waals surface area contributed by atoms with Crippen molar-refractivity contribution in [2.24, 2.45) is 5.92 Å². The highest BCUT2D eigenvalue weighted by molar-refractivity contribution is 5.65. The van der Waals surface area contributed by atoms with Crippen LogP contribution in [0.3, 0.4) is 0 Å². The van der Waals surface area contributed by atoms with Crippen LogP contribution >= 0.6 is 0 Å². The molecule has 0 radical (unpaired) electrons. The summed E-state index contributed by atoms with van der Waals surface area (Å²) >= 11 is 0. The third-order valence-electron chi connectivity index (χ3n) is 3.78. The Morgan fingerprint density at radius 2 is 1.83 bits per heavy atom. The van der Waals surface area contributed by atoms with E-state index in [1.165, 1.54) is 0 Å². The van der Waals surface area contributed by atoms with E-state index >= 15 is 0 Å². The van der Waals surface area contributed by atoms with Crippen LogP contribution in [0.4, 0.5) is 0 Å². The maximum Gasteiger partial charge on any atom is 0.317 e. The molecule has 0 aliphatic heterocycles. The monoisotopic (exact) mass is 314 g/mol. The fraction of sp³-hybridized carbons (Fsp3) is 0.474. The molecule has 0 saturated carbocycles. The average Bonchev–Trinajstić information content (AvgIpc) is 2.61. The van der Waals surface area contributed by atoms with Crippen molar-refractivity contribution in [1.29, 1.82) is 0 Å². The van der Waals surface area contributed by atoms with Gasteiger partial charge in [0.25, 0.3) is 0 Å². The van der Waals surface area contributed by atoms with Crippen LogP contribution < -0.4 is 9.47 Å². The van der Waals surface area contributed by atoms with E-state index in [1.807, 2.05) is 30.3 Å². The predicted octanol–water partition coefficient (Wildman–Crippen LogP) is 4.75. The highest BCUT2D eigenvalue weighted by Crippen LogP contribution is 2.29. The van der Waals surface area contributed by atoms with Crippen LogP contribution in [0.25, 0.3) is 11.3 Å². The zero-order valence-electron chi connectivity index (χ0n) is 14.3. The lowest BCUT2D eigenvalue weighted by atomic mass is 10.1. The van der Waals surface area contributed by atoms with Gasteiger partial charge in [0.1, 0.15) is 5.69 Å². The summed E-state index contributed by atoms with van der Waals surface area (Å²) in [7, 11) is 0. The molecule has 1 atom stereocenters. The summed E-state index contributed by atoms with van der Waals surface area (Å²) in [5.74, 6) is 1.35. The van der Waals surface area contributed by atoms with E-state index in [1.54, 1.807) is 6.20 Å². The molecule has 0 aliphatic carbocycles. The topological polar surface area (TPSA) is 44.2 Å². The van der Waals surface area contributed by atoms with Gasteiger partial charge in [-0.1, -0.05) is 57.5 Å². The van der Waals surface area contributed by atoms with Gasteiger partial charge in [-0.05, 0) is 18.8 Å². The highest BCUT2D eigenvalue weighted by atomic mass is 16.5. The minimum absolute atomic E-state index is 0.413. The van der Waals surface area contributed by atoms with Crippen LogP contribution in [-0.2, 0) is 0 Å². The molecule has 1 aromatic carbocycles. The van der Waals surface area contributed by atoms with Gasteiger partial charge in [0.2, 0.25) is 0 Å². The third-order valence-corrected chi connectivity index (χ3v) is 3.78. The third kappa shape index (κ3) is 5.23. The number of ether oxygens (including phenoxy) is 2. The normalized spacial score (nSPS) is 12.0. The van der Waals surface area contributed by atoms with Gasteiger partial charge >= 0.3 is 6.01 Å². The summed E-state index contributed by atoms with van der Waals surface area (Å²) < 4.78 is 11.5. The van der Waals surface area contributed by atoms with Crippen LogP contribution in [0.2, 0.25) is 0 Å². The molecular formula is C19H26N2O2. The van der Waals surface area contributed by atoms with Gasteiger partial charge < -0.3 is 9.47 Å². The molecule has 0 N–H and O–H groups in total. The van der Waals surface area contributed by atoms with Crippen molar-refractivity contribution in [3.8, 4) is 23.0 Å². The van der Waals surface area contributed by atoms with Crippen LogP contribution in [0.15, 0.2) is 36.5 Å². The maximum atomic E-state index is 5.78. The van der Waals surface area contributed by atoms with Gasteiger partial charge in [-0.25, -0.2) is 0 Å². The number of hydrogen-bond acceptors (Lipinski definition) is 4. The number of nitrogens with zero attached hydrogens (tertiary/aromatic N) is 2. The zero-order valence-corrected chi connectivity index (χ0v) is 14.3. The quantitative estimate of drug-likeness (QED) is 0.670. The van der Waals surface area contributed by atoms with Crippen LogP contribution in [0.5, 0.6) is 11.8 Å². The van der Waals surface area contributed by atoms with Crippen molar-refractivity contribution in [1.82, 2.24) is 9.97 Å². The first-order chi connectivity index (χ1) is 11.2. The summed E-state index contributed by atoms with van der Waals surface area (Å²) in [4.78, 5) is 8.84. The van der Waals surface area contributed by atoms with Gasteiger partial charge in [-0.3, -0.25) is 0 Å². The van der Waals surface area contributed by atoms with E-state index in [-0.39, 0.29) is 0 Å². The van der Waals surface area contributed by atoms with E-state index < -0.39 is 0 Å². The van der Waals surface area contributed by atoms with Crippen LogP contribution in [-0.4, -0.2) is 23.2 Å². The Balaban J connectivity index is 2.16. The van der Waals surface area contributed by atoms with E-state index in [0.717, 1.165) is 30.5 Å². The molecule has 0 spiro atoms. The summed E-state index contributed by atoms with van der Waals surface area (Å²) in [6, 6.07) is 10.4. The van der Waals surface area contributed by atoms with Crippen molar-refractivity contribution >= 4 is 0 Å². The van der Waals surface area contributed by atoms with E-state index in [9.17, 15) is 0 Å². The molecule has 0 fully saturated rings. The molecule has 2 aromatic rings. The van der Waals surface area contributed by atoms with Gasteiger partial charge in [-0.2, -0.15) is 9.97 Å². The zero-order chi connectivity index (χ0) is 16.5. The predicted molar refractivity (Wildman–Crippen MR) is 92.8 cm³/mol. The fourth-order valence-corrected chi connectivity index (χ4v) is 2.10. The van der Waals surface area contributed by atoms with Crippen molar-refractivity contribution in [3.63, 3.8) is 0 Å². The Morgan fingerprint density at radius 3 is 2.52 bits per heavy atom. The smallest absolute Gasteiger partial charge is 0.317 e. The first kappa shape index (κ1) is 17.3. The van der Waals surface area contributed by atoms with Gasteiger partial charge in [0, 0.05) is 5.56 Å². The first-order valence-corrected chi connectivity index (χ1v) is 8.42. The Hall–Kier alpha value is -2.10. The summed E-state index contributed by atoms with van der Waals surface area (Å²) in [5.41, 5.74) is 1.79. The summed E-state index contributed by atoms with van der Waals surface area (Å²) in [5, 5.41) is 0. The lowest BCUT2D eigenvalue weighted by Gasteiger charge is -2.12. The Kier molecular flexibility index (Phi) is 6.85. The van der Waals surface area contributed by atoms with Crippen molar-refractivity contribution in [2.45, 2.75) is 40.0 Å². The van der Waals surface area contributed by atoms with E-state index in [2.05, 4.69) is 30.7 Å². The number of hydrogen-bond donors (Lipinski definition) is 0. The van der Waals surface area contributed by atoms with Gasteiger partial charge in [0.15, 0.2) is 5.75 Å². The number of rotatable bonds is 9. The maximum absolute atomic E-state index is 5.78. The summed E-state index contributed by atoms with van der Waals surface area (Å²) in [6.07, 6.45) is 4.82. The lowest BCUT2D eigenvalue weighted by molar-refractivity contribution is 0.259. The number of benzene rings is 1.